The Hall–Kier alpha value is -3.99. The molecule has 0 unspecified atom stereocenters. The number of fused-ring (bicyclic) bond motifs is 4. The van der Waals surface area contributed by atoms with Crippen molar-refractivity contribution in [2.75, 3.05) is 0 Å². The molecule has 0 amide bonds. The van der Waals surface area contributed by atoms with E-state index in [2.05, 4.69) is 18.5 Å². The molecule has 6 rings (SSSR count). The molecule has 37 heavy (non-hydrogen) atoms. The van der Waals surface area contributed by atoms with Crippen LogP contribution in [0.3, 0.4) is 0 Å². The van der Waals surface area contributed by atoms with E-state index in [0.29, 0.717) is 29.9 Å². The van der Waals surface area contributed by atoms with Gasteiger partial charge in [0.05, 0.1) is 16.9 Å². The maximum absolute atomic E-state index is 15.2. The molecule has 0 saturated carbocycles. The molecule has 0 bridgehead atoms. The Morgan fingerprint density at radius 1 is 1.05 bits per heavy atom. The fraction of sp³-hybridized carbons (Fsp3) is 0.250. The number of halogens is 1. The summed E-state index contributed by atoms with van der Waals surface area (Å²) in [6, 6.07) is 16.6. The second kappa shape index (κ2) is 8.55. The zero-order chi connectivity index (χ0) is 25.8. The van der Waals surface area contributed by atoms with Crippen LogP contribution in [-0.4, -0.2) is 20.7 Å². The summed E-state index contributed by atoms with van der Waals surface area (Å²) in [6.07, 6.45) is 9.37. The Morgan fingerprint density at radius 2 is 1.84 bits per heavy atom. The van der Waals surface area contributed by atoms with Crippen LogP contribution in [0.4, 0.5) is 4.39 Å². The minimum absolute atomic E-state index is 0.0356. The van der Waals surface area contributed by atoms with Gasteiger partial charge in [0, 0.05) is 39.1 Å². The first-order valence-electron chi connectivity index (χ1n) is 12.7. The molecule has 0 N–H and O–H groups in total. The van der Waals surface area contributed by atoms with E-state index in [1.807, 2.05) is 55.5 Å². The predicted octanol–water partition coefficient (Wildman–Crippen LogP) is 7.04. The van der Waals surface area contributed by atoms with E-state index < -0.39 is 10.8 Å². The van der Waals surface area contributed by atoms with E-state index in [-0.39, 0.29) is 17.5 Å². The van der Waals surface area contributed by atoms with Crippen molar-refractivity contribution in [3.63, 3.8) is 0 Å². The lowest BCUT2D eigenvalue weighted by Crippen LogP contribution is -2.51. The van der Waals surface area contributed by atoms with Gasteiger partial charge in [0.2, 0.25) is 0 Å². The van der Waals surface area contributed by atoms with E-state index in [9.17, 15) is 4.79 Å². The van der Waals surface area contributed by atoms with Crippen LogP contribution in [0.25, 0.3) is 33.5 Å². The third-order valence-corrected chi connectivity index (χ3v) is 8.42. The minimum Gasteiger partial charge on any atom is -0.294 e. The number of pyridine rings is 1. The second-order valence-corrected chi connectivity index (χ2v) is 10.6. The molecule has 5 heteroatoms. The van der Waals surface area contributed by atoms with E-state index in [1.54, 1.807) is 24.4 Å². The van der Waals surface area contributed by atoms with Crippen LogP contribution in [0.15, 0.2) is 85.6 Å². The molecule has 0 radical (unpaired) electrons. The van der Waals surface area contributed by atoms with Crippen molar-refractivity contribution < 1.29 is 9.18 Å². The van der Waals surface area contributed by atoms with Crippen LogP contribution in [0.5, 0.6) is 0 Å². The number of nitrogens with zero attached hydrogens (tertiary/aromatic N) is 3. The molecule has 2 aliphatic carbocycles. The van der Waals surface area contributed by atoms with Crippen LogP contribution in [-0.2, 0) is 16.6 Å². The predicted molar refractivity (Wildman–Crippen MR) is 144 cm³/mol. The van der Waals surface area contributed by atoms with Gasteiger partial charge in [0.15, 0.2) is 11.6 Å². The van der Waals surface area contributed by atoms with Gasteiger partial charge < -0.3 is 0 Å². The molecule has 0 saturated heterocycles. The van der Waals surface area contributed by atoms with E-state index in [1.165, 1.54) is 6.07 Å². The van der Waals surface area contributed by atoms with Crippen LogP contribution in [0.1, 0.15) is 37.9 Å². The molecule has 2 aromatic heterocycles. The third kappa shape index (κ3) is 3.48. The van der Waals surface area contributed by atoms with Crippen LogP contribution in [0, 0.1) is 17.2 Å². The summed E-state index contributed by atoms with van der Waals surface area (Å²) in [5, 5.41) is 0.938. The highest BCUT2D eigenvalue weighted by molar-refractivity contribution is 5.97. The first-order chi connectivity index (χ1) is 17.9. The summed E-state index contributed by atoms with van der Waals surface area (Å²) < 4.78 is 15.2. The second-order valence-electron chi connectivity index (χ2n) is 10.6. The topological polar surface area (TPSA) is 55.7 Å². The Balaban J connectivity index is 1.67. The SMILES string of the molecule is C=CC[C@@]1(C)C(=O)C=C[C@@]2(C)c3nc(-c4ccnc5ccccc45)nc(-c4ccccc4F)c3CC[C@H]12. The number of ketones is 1. The molecular weight excluding hydrogens is 461 g/mol. The Morgan fingerprint density at radius 3 is 2.65 bits per heavy atom. The Bertz CT molecular complexity index is 1600. The zero-order valence-electron chi connectivity index (χ0n) is 21.0. The molecule has 0 aliphatic heterocycles. The number of rotatable bonds is 4. The largest absolute Gasteiger partial charge is 0.294 e. The molecule has 2 aromatic carbocycles. The van der Waals surface area contributed by atoms with E-state index in [0.717, 1.165) is 34.1 Å². The summed E-state index contributed by atoms with van der Waals surface area (Å²) in [5.41, 5.74) is 3.51. The van der Waals surface area contributed by atoms with E-state index >= 15 is 4.39 Å². The lowest BCUT2D eigenvalue weighted by Gasteiger charge is -2.51. The van der Waals surface area contributed by atoms with Gasteiger partial charge in [-0.3, -0.25) is 9.78 Å². The molecule has 4 nitrogen and oxygen atoms in total. The number of hydrogen-bond donors (Lipinski definition) is 0. The van der Waals surface area contributed by atoms with Crippen molar-refractivity contribution in [1.82, 2.24) is 15.0 Å². The van der Waals surface area contributed by atoms with Gasteiger partial charge in [-0.25, -0.2) is 14.4 Å². The maximum Gasteiger partial charge on any atom is 0.161 e. The van der Waals surface area contributed by atoms with Crippen molar-refractivity contribution in [3.8, 4) is 22.6 Å². The average Bonchev–Trinajstić information content (AvgIpc) is 2.91. The van der Waals surface area contributed by atoms with Crippen molar-refractivity contribution in [2.24, 2.45) is 11.3 Å². The summed E-state index contributed by atoms with van der Waals surface area (Å²) >= 11 is 0. The highest BCUT2D eigenvalue weighted by Crippen LogP contribution is 2.55. The zero-order valence-corrected chi connectivity index (χ0v) is 21.0. The molecule has 2 aliphatic rings. The third-order valence-electron chi connectivity index (χ3n) is 8.42. The molecule has 2 heterocycles. The Labute approximate surface area is 216 Å². The van der Waals surface area contributed by atoms with Gasteiger partial charge in [-0.1, -0.05) is 56.3 Å². The lowest BCUT2D eigenvalue weighted by atomic mass is 9.52. The number of benzene rings is 2. The minimum atomic E-state index is -0.574. The van der Waals surface area contributed by atoms with Crippen molar-refractivity contribution in [2.45, 2.75) is 38.5 Å². The summed E-state index contributed by atoms with van der Waals surface area (Å²) in [7, 11) is 0. The molecule has 0 fully saturated rings. The van der Waals surface area contributed by atoms with Gasteiger partial charge in [0.1, 0.15) is 5.82 Å². The van der Waals surface area contributed by atoms with Crippen molar-refractivity contribution in [1.29, 1.82) is 0 Å². The fourth-order valence-corrected chi connectivity index (χ4v) is 6.54. The number of aromatic nitrogens is 3. The van der Waals surface area contributed by atoms with Crippen molar-refractivity contribution >= 4 is 16.7 Å². The highest BCUT2D eigenvalue weighted by atomic mass is 19.1. The molecule has 0 spiro atoms. The van der Waals surface area contributed by atoms with Crippen molar-refractivity contribution in [3.05, 3.63) is 103 Å². The highest BCUT2D eigenvalue weighted by Gasteiger charge is 2.54. The van der Waals surface area contributed by atoms with Gasteiger partial charge in [-0.2, -0.15) is 0 Å². The summed E-state index contributed by atoms with van der Waals surface area (Å²) in [4.78, 5) is 27.9. The molecule has 3 atom stereocenters. The summed E-state index contributed by atoms with van der Waals surface area (Å²) in [5.74, 6) is 0.385. The average molecular weight is 490 g/mol. The van der Waals surface area contributed by atoms with E-state index in [4.69, 9.17) is 9.97 Å². The van der Waals surface area contributed by atoms with Gasteiger partial charge >= 0.3 is 0 Å². The first-order valence-corrected chi connectivity index (χ1v) is 12.7. The first kappa shape index (κ1) is 23.4. The van der Waals surface area contributed by atoms with Crippen LogP contribution >= 0.6 is 0 Å². The molecule has 4 aromatic rings. The Kier molecular flexibility index (Phi) is 5.41. The molecular formula is C32H28FN3O. The van der Waals surface area contributed by atoms with Crippen LogP contribution in [0.2, 0.25) is 0 Å². The standard InChI is InChI=1S/C32H28FN3O/c1-4-17-31(2)26-14-13-23-28(22-10-5-7-11-24(22)33)35-30(36-29(23)32(26,3)18-15-27(31)37)21-16-19-34-25-12-8-6-9-20(21)25/h4-12,15-16,18-19,26H,1,13-14,17H2,2-3H3/t26-,31-,32-/m1/s1. The maximum atomic E-state index is 15.2. The van der Waals surface area contributed by atoms with Gasteiger partial charge in [-0.15, -0.1) is 6.58 Å². The smallest absolute Gasteiger partial charge is 0.161 e. The number of carbonyl (C=O) groups is 1. The number of para-hydroxylation sites is 1. The van der Waals surface area contributed by atoms with Gasteiger partial charge in [-0.05, 0) is 55.5 Å². The van der Waals surface area contributed by atoms with Crippen LogP contribution < -0.4 is 0 Å². The summed E-state index contributed by atoms with van der Waals surface area (Å²) in [6.45, 7) is 8.14. The lowest BCUT2D eigenvalue weighted by molar-refractivity contribution is -0.128. The quantitative estimate of drug-likeness (QED) is 0.289. The number of carbonyl (C=O) groups excluding carboxylic acids is 1. The monoisotopic (exact) mass is 489 g/mol. The number of allylic oxidation sites excluding steroid dienone is 3. The number of hydrogen-bond acceptors (Lipinski definition) is 4. The molecule has 184 valence electrons. The van der Waals surface area contributed by atoms with Gasteiger partial charge in [0.25, 0.3) is 0 Å². The normalized spacial score (nSPS) is 24.5. The fourth-order valence-electron chi connectivity index (χ4n) is 6.54.